The van der Waals surface area contributed by atoms with Gasteiger partial charge in [0.05, 0.1) is 6.04 Å². The molecule has 0 saturated heterocycles. The van der Waals surface area contributed by atoms with Crippen molar-refractivity contribution < 1.29 is 9.47 Å². The van der Waals surface area contributed by atoms with Crippen LogP contribution in [0.15, 0.2) is 30.3 Å². The molecular formula is C14H23NO2. The molecule has 1 aromatic rings. The van der Waals surface area contributed by atoms with Crippen molar-refractivity contribution in [3.63, 3.8) is 0 Å². The topological polar surface area (TPSA) is 30.5 Å². The van der Waals surface area contributed by atoms with Crippen LogP contribution in [0.2, 0.25) is 0 Å². The molecule has 0 fully saturated rings. The minimum Gasteiger partial charge on any atom is -0.354 e. The van der Waals surface area contributed by atoms with Crippen LogP contribution in [0.25, 0.3) is 0 Å². The highest BCUT2D eigenvalue weighted by Gasteiger charge is 2.16. The van der Waals surface area contributed by atoms with Gasteiger partial charge in [-0.1, -0.05) is 37.3 Å². The molecule has 0 aliphatic rings. The molecule has 1 aromatic carbocycles. The lowest BCUT2D eigenvalue weighted by molar-refractivity contribution is -0.119. The summed E-state index contributed by atoms with van der Waals surface area (Å²) >= 11 is 0. The summed E-state index contributed by atoms with van der Waals surface area (Å²) < 4.78 is 10.4. The zero-order chi connectivity index (χ0) is 12.7. The van der Waals surface area contributed by atoms with Crippen LogP contribution < -0.4 is 5.32 Å². The standard InChI is InChI=1S/C14H23NO2/c1-11(13-8-6-5-7-9-13)10-15-12(2)14(16-3)17-4/h5-9,11-12,14-15H,10H2,1-4H3. The van der Waals surface area contributed by atoms with Crippen LogP contribution in [0, 0.1) is 0 Å². The van der Waals surface area contributed by atoms with Gasteiger partial charge in [-0.15, -0.1) is 0 Å². The van der Waals surface area contributed by atoms with Gasteiger partial charge in [0.1, 0.15) is 0 Å². The van der Waals surface area contributed by atoms with Crippen LogP contribution in [-0.4, -0.2) is 33.1 Å². The van der Waals surface area contributed by atoms with Crippen LogP contribution in [0.4, 0.5) is 0 Å². The first-order valence-electron chi connectivity index (χ1n) is 6.03. The molecule has 0 aliphatic carbocycles. The first kappa shape index (κ1) is 14.2. The maximum Gasteiger partial charge on any atom is 0.171 e. The fourth-order valence-electron chi connectivity index (χ4n) is 1.86. The number of hydrogen-bond acceptors (Lipinski definition) is 3. The lowest BCUT2D eigenvalue weighted by Gasteiger charge is -2.24. The SMILES string of the molecule is COC(OC)C(C)NCC(C)c1ccccc1. The van der Waals surface area contributed by atoms with Crippen molar-refractivity contribution in [3.05, 3.63) is 35.9 Å². The molecule has 3 heteroatoms. The van der Waals surface area contributed by atoms with E-state index in [0.29, 0.717) is 5.92 Å². The first-order valence-corrected chi connectivity index (χ1v) is 6.03. The van der Waals surface area contributed by atoms with Crippen molar-refractivity contribution in [1.82, 2.24) is 5.32 Å². The predicted molar refractivity (Wildman–Crippen MR) is 70.1 cm³/mol. The summed E-state index contributed by atoms with van der Waals surface area (Å²) in [4.78, 5) is 0. The minimum atomic E-state index is -0.196. The van der Waals surface area contributed by atoms with Crippen molar-refractivity contribution in [1.29, 1.82) is 0 Å². The summed E-state index contributed by atoms with van der Waals surface area (Å²) in [6.07, 6.45) is -0.196. The lowest BCUT2D eigenvalue weighted by atomic mass is 10.0. The van der Waals surface area contributed by atoms with Gasteiger partial charge >= 0.3 is 0 Å². The van der Waals surface area contributed by atoms with E-state index in [1.807, 2.05) is 6.07 Å². The van der Waals surface area contributed by atoms with E-state index in [0.717, 1.165) is 6.54 Å². The van der Waals surface area contributed by atoms with E-state index in [2.05, 4.69) is 43.4 Å². The summed E-state index contributed by atoms with van der Waals surface area (Å²) in [7, 11) is 3.32. The second-order valence-electron chi connectivity index (χ2n) is 4.35. The molecular weight excluding hydrogens is 214 g/mol. The fourth-order valence-corrected chi connectivity index (χ4v) is 1.86. The average molecular weight is 237 g/mol. The van der Waals surface area contributed by atoms with Gasteiger partial charge in [0.15, 0.2) is 6.29 Å². The Balaban J connectivity index is 2.40. The number of methoxy groups -OCH3 is 2. The molecule has 96 valence electrons. The highest BCUT2D eigenvalue weighted by atomic mass is 16.7. The molecule has 2 unspecified atom stereocenters. The Morgan fingerprint density at radius 1 is 1.06 bits per heavy atom. The van der Waals surface area contributed by atoms with Gasteiger partial charge in [0.25, 0.3) is 0 Å². The minimum absolute atomic E-state index is 0.177. The molecule has 1 N–H and O–H groups in total. The summed E-state index contributed by atoms with van der Waals surface area (Å²) in [6.45, 7) is 5.19. The van der Waals surface area contributed by atoms with Gasteiger partial charge in [-0.05, 0) is 18.4 Å². The largest absolute Gasteiger partial charge is 0.354 e. The highest BCUT2D eigenvalue weighted by molar-refractivity contribution is 5.18. The molecule has 17 heavy (non-hydrogen) atoms. The maximum atomic E-state index is 5.21. The molecule has 0 aliphatic heterocycles. The third-order valence-corrected chi connectivity index (χ3v) is 2.99. The smallest absolute Gasteiger partial charge is 0.171 e. The Kier molecular flexibility index (Phi) is 6.19. The summed E-state index contributed by atoms with van der Waals surface area (Å²) in [5, 5.41) is 3.43. The van der Waals surface area contributed by atoms with Gasteiger partial charge in [0.2, 0.25) is 0 Å². The second-order valence-corrected chi connectivity index (χ2v) is 4.35. The van der Waals surface area contributed by atoms with Crippen molar-refractivity contribution in [3.8, 4) is 0 Å². The van der Waals surface area contributed by atoms with Gasteiger partial charge in [-0.25, -0.2) is 0 Å². The zero-order valence-corrected chi connectivity index (χ0v) is 11.1. The Hall–Kier alpha value is -0.900. The van der Waals surface area contributed by atoms with E-state index in [-0.39, 0.29) is 12.3 Å². The van der Waals surface area contributed by atoms with Crippen LogP contribution >= 0.6 is 0 Å². The zero-order valence-electron chi connectivity index (χ0n) is 11.1. The maximum absolute atomic E-state index is 5.21. The molecule has 0 saturated carbocycles. The first-order chi connectivity index (χ1) is 8.19. The van der Waals surface area contributed by atoms with Crippen molar-refractivity contribution >= 4 is 0 Å². The van der Waals surface area contributed by atoms with Crippen LogP contribution in [0.1, 0.15) is 25.3 Å². The van der Waals surface area contributed by atoms with Gasteiger partial charge in [-0.3, -0.25) is 0 Å². The monoisotopic (exact) mass is 237 g/mol. The second kappa shape index (κ2) is 7.43. The van der Waals surface area contributed by atoms with Gasteiger partial charge < -0.3 is 14.8 Å². The van der Waals surface area contributed by atoms with Gasteiger partial charge in [-0.2, -0.15) is 0 Å². The Morgan fingerprint density at radius 2 is 1.65 bits per heavy atom. The number of ether oxygens (including phenoxy) is 2. The molecule has 0 heterocycles. The third-order valence-electron chi connectivity index (χ3n) is 2.99. The molecule has 0 bridgehead atoms. The highest BCUT2D eigenvalue weighted by Crippen LogP contribution is 2.13. The van der Waals surface area contributed by atoms with E-state index in [4.69, 9.17) is 9.47 Å². The van der Waals surface area contributed by atoms with Crippen molar-refractivity contribution in [2.45, 2.75) is 32.1 Å². The Labute approximate surface area is 104 Å². The Morgan fingerprint density at radius 3 is 2.18 bits per heavy atom. The average Bonchev–Trinajstić information content (AvgIpc) is 2.38. The molecule has 3 nitrogen and oxygen atoms in total. The summed E-state index contributed by atoms with van der Waals surface area (Å²) in [6, 6.07) is 10.7. The Bertz CT molecular complexity index is 298. The van der Waals surface area contributed by atoms with E-state index in [1.165, 1.54) is 5.56 Å². The number of benzene rings is 1. The number of nitrogens with one attached hydrogen (secondary N) is 1. The van der Waals surface area contributed by atoms with E-state index in [9.17, 15) is 0 Å². The van der Waals surface area contributed by atoms with Crippen molar-refractivity contribution in [2.75, 3.05) is 20.8 Å². The normalized spacial score (nSPS) is 14.9. The predicted octanol–water partition coefficient (Wildman–Crippen LogP) is 2.39. The molecule has 1 rings (SSSR count). The number of hydrogen-bond donors (Lipinski definition) is 1. The lowest BCUT2D eigenvalue weighted by Crippen LogP contribution is -2.41. The van der Waals surface area contributed by atoms with Crippen LogP contribution in [0.3, 0.4) is 0 Å². The third kappa shape index (κ3) is 4.46. The van der Waals surface area contributed by atoms with E-state index >= 15 is 0 Å². The van der Waals surface area contributed by atoms with Crippen LogP contribution in [0.5, 0.6) is 0 Å². The van der Waals surface area contributed by atoms with Crippen LogP contribution in [-0.2, 0) is 9.47 Å². The van der Waals surface area contributed by atoms with Gasteiger partial charge in [0, 0.05) is 20.8 Å². The number of rotatable bonds is 7. The molecule has 0 aromatic heterocycles. The molecule has 0 radical (unpaired) electrons. The molecule has 0 spiro atoms. The van der Waals surface area contributed by atoms with E-state index in [1.54, 1.807) is 14.2 Å². The molecule has 0 amide bonds. The quantitative estimate of drug-likeness (QED) is 0.739. The molecule has 2 atom stereocenters. The van der Waals surface area contributed by atoms with Crippen molar-refractivity contribution in [2.24, 2.45) is 0 Å². The summed E-state index contributed by atoms with van der Waals surface area (Å²) in [5.41, 5.74) is 1.35. The summed E-state index contributed by atoms with van der Waals surface area (Å²) in [5.74, 6) is 0.480. The fraction of sp³-hybridized carbons (Fsp3) is 0.571. The van der Waals surface area contributed by atoms with E-state index < -0.39 is 0 Å².